The van der Waals surface area contributed by atoms with E-state index in [1.807, 2.05) is 0 Å². The molecule has 7 heteroatoms. The molecule has 0 bridgehead atoms. The van der Waals surface area contributed by atoms with Crippen LogP contribution < -0.4 is 4.74 Å². The number of Topliss-reactive ketones (excluding diaryl/α,β-unsaturated/α-hetero) is 1. The van der Waals surface area contributed by atoms with Gasteiger partial charge < -0.3 is 20.1 Å². The van der Waals surface area contributed by atoms with Crippen molar-refractivity contribution in [1.29, 1.82) is 0 Å². The van der Waals surface area contributed by atoms with Crippen LogP contribution in [-0.2, 0) is 11.2 Å². The summed E-state index contributed by atoms with van der Waals surface area (Å²) in [6.07, 6.45) is 2.14. The van der Waals surface area contributed by atoms with Gasteiger partial charge in [-0.15, -0.1) is 0 Å². The van der Waals surface area contributed by atoms with E-state index in [1.165, 1.54) is 38.3 Å². The number of benzene rings is 2. The maximum Gasteiger partial charge on any atom is 0.202 e. The van der Waals surface area contributed by atoms with E-state index in [4.69, 9.17) is 4.74 Å². The third-order valence-electron chi connectivity index (χ3n) is 5.34. The summed E-state index contributed by atoms with van der Waals surface area (Å²) in [7, 11) is 1.36. The molecule has 28 heavy (non-hydrogen) atoms. The molecule has 4 rings (SSSR count). The summed E-state index contributed by atoms with van der Waals surface area (Å²) in [5, 5.41) is 32.0. The molecule has 0 aliphatic heterocycles. The third kappa shape index (κ3) is 2.16. The lowest BCUT2D eigenvalue weighted by atomic mass is 9.76. The van der Waals surface area contributed by atoms with Gasteiger partial charge in [0.15, 0.2) is 11.6 Å². The minimum Gasteiger partial charge on any atom is -0.507 e. The Morgan fingerprint density at radius 1 is 1.11 bits per heavy atom. The molecule has 0 heterocycles. The fourth-order valence-corrected chi connectivity index (χ4v) is 3.77. The summed E-state index contributed by atoms with van der Waals surface area (Å²) in [5.41, 5.74) is -2.37. The van der Waals surface area contributed by atoms with Crippen molar-refractivity contribution in [1.82, 2.24) is 0 Å². The molecule has 2 aliphatic carbocycles. The highest BCUT2D eigenvalue weighted by atomic mass is 16.5. The van der Waals surface area contributed by atoms with Gasteiger partial charge in [-0.1, -0.05) is 18.2 Å². The van der Waals surface area contributed by atoms with Crippen molar-refractivity contribution in [3.63, 3.8) is 0 Å². The first-order valence-corrected chi connectivity index (χ1v) is 8.51. The topological polar surface area (TPSA) is 121 Å². The van der Waals surface area contributed by atoms with E-state index in [0.717, 1.165) is 0 Å². The van der Waals surface area contributed by atoms with E-state index < -0.39 is 34.4 Å². The molecule has 0 saturated carbocycles. The Labute approximate surface area is 161 Å². The molecule has 0 fully saturated rings. The van der Waals surface area contributed by atoms with Gasteiger partial charge in [-0.25, -0.2) is 0 Å². The normalized spacial score (nSPS) is 19.7. The zero-order valence-electron chi connectivity index (χ0n) is 15.1. The van der Waals surface area contributed by atoms with Gasteiger partial charge in [0.05, 0.1) is 23.8 Å². The molecule has 3 N–H and O–H groups in total. The van der Waals surface area contributed by atoms with Gasteiger partial charge in [-0.3, -0.25) is 14.4 Å². The maximum absolute atomic E-state index is 13.1. The first-order chi connectivity index (χ1) is 13.2. The lowest BCUT2D eigenvalue weighted by Crippen LogP contribution is -2.39. The number of phenols is 2. The fraction of sp³-hybridized carbons (Fsp3) is 0.190. The van der Waals surface area contributed by atoms with Crippen molar-refractivity contribution < 1.29 is 35.9 Å². The average Bonchev–Trinajstić information content (AvgIpc) is 2.68. The molecule has 0 amide bonds. The SMILES string of the molecule is COc1cccc2c1C(=O)c1c(O)c3c(c(O)c1C2=O)C[C@@](O)(C(C)=O)C=C3.[HH]. The number of carbonyl (C=O) groups is 3. The van der Waals surface area contributed by atoms with Crippen LogP contribution in [0.5, 0.6) is 17.2 Å². The second-order valence-electron chi connectivity index (χ2n) is 6.87. The summed E-state index contributed by atoms with van der Waals surface area (Å²) in [5.74, 6) is -2.69. The van der Waals surface area contributed by atoms with Crippen molar-refractivity contribution in [2.24, 2.45) is 0 Å². The van der Waals surface area contributed by atoms with Crippen molar-refractivity contribution in [3.05, 3.63) is 57.7 Å². The van der Waals surface area contributed by atoms with E-state index >= 15 is 0 Å². The van der Waals surface area contributed by atoms with Gasteiger partial charge in [0, 0.05) is 24.5 Å². The van der Waals surface area contributed by atoms with Gasteiger partial charge in [-0.2, -0.15) is 0 Å². The number of phenolic OH excluding ortho intramolecular Hbond substituents is 2. The van der Waals surface area contributed by atoms with Crippen LogP contribution in [0, 0.1) is 0 Å². The van der Waals surface area contributed by atoms with Crippen LogP contribution in [-0.4, -0.2) is 45.4 Å². The molecule has 0 aromatic heterocycles. The largest absolute Gasteiger partial charge is 0.507 e. The van der Waals surface area contributed by atoms with Gasteiger partial charge in [0.1, 0.15) is 22.8 Å². The van der Waals surface area contributed by atoms with E-state index in [1.54, 1.807) is 6.07 Å². The first kappa shape index (κ1) is 17.9. The number of hydrogen-bond acceptors (Lipinski definition) is 7. The molecule has 0 radical (unpaired) electrons. The van der Waals surface area contributed by atoms with Crippen LogP contribution in [0.25, 0.3) is 6.08 Å². The summed E-state index contributed by atoms with van der Waals surface area (Å²) < 4.78 is 5.18. The van der Waals surface area contributed by atoms with Crippen LogP contribution in [0.3, 0.4) is 0 Å². The van der Waals surface area contributed by atoms with Crippen LogP contribution in [0.1, 0.15) is 51.3 Å². The lowest BCUT2D eigenvalue weighted by molar-refractivity contribution is -0.130. The van der Waals surface area contributed by atoms with E-state index in [-0.39, 0.29) is 47.0 Å². The molecule has 0 spiro atoms. The average molecular weight is 382 g/mol. The number of methoxy groups -OCH3 is 1. The standard InChI is InChI=1S/C21H16O7.H2/c1-9(22)21(27)7-6-10-12(8-21)19(25)15-16(17(10)23)20(26)14-11(18(15)24)4-3-5-13(14)28-2;/h3-7,23,25,27H,8H2,1-2H3;1H/t21-;/m1./s1. The summed E-state index contributed by atoms with van der Waals surface area (Å²) in [4.78, 5) is 37.9. The Kier molecular flexibility index (Phi) is 3.70. The Hall–Kier alpha value is -3.45. The fourth-order valence-electron chi connectivity index (χ4n) is 3.77. The molecule has 0 unspecified atom stereocenters. The number of hydrogen-bond donors (Lipinski definition) is 3. The number of ether oxygens (including phenoxy) is 1. The minimum atomic E-state index is -1.87. The molecule has 7 nitrogen and oxygen atoms in total. The second kappa shape index (κ2) is 5.77. The summed E-state index contributed by atoms with van der Waals surface area (Å²) in [6, 6.07) is 4.50. The quantitative estimate of drug-likeness (QED) is 0.580. The van der Waals surface area contributed by atoms with E-state index in [9.17, 15) is 29.7 Å². The highest BCUT2D eigenvalue weighted by Gasteiger charge is 2.42. The number of fused-ring (bicyclic) bond motifs is 3. The smallest absolute Gasteiger partial charge is 0.202 e. The first-order valence-electron chi connectivity index (χ1n) is 8.51. The van der Waals surface area contributed by atoms with Gasteiger partial charge in [-0.05, 0) is 19.1 Å². The molecular weight excluding hydrogens is 364 g/mol. The Balaban J connectivity index is 0.00000240. The molecule has 0 saturated heterocycles. The van der Waals surface area contributed by atoms with Gasteiger partial charge in [0.2, 0.25) is 5.78 Å². The molecule has 2 aromatic rings. The Morgan fingerprint density at radius 3 is 2.43 bits per heavy atom. The molecule has 1 atom stereocenters. The molecular formula is C21H18O7. The van der Waals surface area contributed by atoms with E-state index in [0.29, 0.717) is 0 Å². The number of carbonyl (C=O) groups excluding carboxylic acids is 3. The molecule has 2 aromatic carbocycles. The number of ketones is 3. The van der Waals surface area contributed by atoms with Crippen LogP contribution >= 0.6 is 0 Å². The van der Waals surface area contributed by atoms with Crippen molar-refractivity contribution in [2.75, 3.05) is 7.11 Å². The Bertz CT molecular complexity index is 1130. The summed E-state index contributed by atoms with van der Waals surface area (Å²) >= 11 is 0. The van der Waals surface area contributed by atoms with Crippen molar-refractivity contribution in [2.45, 2.75) is 18.9 Å². The van der Waals surface area contributed by atoms with Crippen LogP contribution in [0.15, 0.2) is 24.3 Å². The molecule has 144 valence electrons. The molecule has 2 aliphatic rings. The zero-order chi connectivity index (χ0) is 20.4. The van der Waals surface area contributed by atoms with E-state index in [2.05, 4.69) is 0 Å². The predicted molar refractivity (Wildman–Crippen MR) is 100 cm³/mol. The number of rotatable bonds is 2. The third-order valence-corrected chi connectivity index (χ3v) is 5.34. The van der Waals surface area contributed by atoms with Crippen LogP contribution in [0.4, 0.5) is 0 Å². The summed E-state index contributed by atoms with van der Waals surface area (Å²) in [6.45, 7) is 1.20. The van der Waals surface area contributed by atoms with Gasteiger partial charge >= 0.3 is 0 Å². The maximum atomic E-state index is 13.1. The predicted octanol–water partition coefficient (Wildman–Crippen LogP) is 2.02. The second-order valence-corrected chi connectivity index (χ2v) is 6.87. The Morgan fingerprint density at radius 2 is 1.79 bits per heavy atom. The van der Waals surface area contributed by atoms with Gasteiger partial charge in [0.25, 0.3) is 0 Å². The minimum absolute atomic E-state index is 0. The van der Waals surface area contributed by atoms with Crippen molar-refractivity contribution in [3.8, 4) is 17.2 Å². The number of aromatic hydroxyl groups is 2. The van der Waals surface area contributed by atoms with Crippen LogP contribution in [0.2, 0.25) is 0 Å². The number of aliphatic hydroxyl groups is 1. The zero-order valence-corrected chi connectivity index (χ0v) is 15.1. The monoisotopic (exact) mass is 382 g/mol. The highest BCUT2D eigenvalue weighted by Crippen LogP contribution is 2.47. The lowest BCUT2D eigenvalue weighted by Gasteiger charge is -2.30. The highest BCUT2D eigenvalue weighted by molar-refractivity contribution is 6.31. The van der Waals surface area contributed by atoms with Crippen molar-refractivity contribution >= 4 is 23.4 Å².